The normalized spacial score (nSPS) is 19.4. The van der Waals surface area contributed by atoms with E-state index in [1.54, 1.807) is 12.4 Å². The highest BCUT2D eigenvalue weighted by molar-refractivity contribution is 5.00. The van der Waals surface area contributed by atoms with E-state index in [1.165, 1.54) is 12.8 Å². The molecule has 5 nitrogen and oxygen atoms in total. The van der Waals surface area contributed by atoms with Crippen LogP contribution < -0.4 is 5.73 Å². The van der Waals surface area contributed by atoms with Gasteiger partial charge in [-0.2, -0.15) is 0 Å². The fourth-order valence-corrected chi connectivity index (χ4v) is 2.59. The summed E-state index contributed by atoms with van der Waals surface area (Å²) in [7, 11) is 0. The van der Waals surface area contributed by atoms with E-state index >= 15 is 0 Å². The molecule has 2 rings (SSSR count). The van der Waals surface area contributed by atoms with Crippen molar-refractivity contribution >= 4 is 0 Å². The van der Waals surface area contributed by atoms with Gasteiger partial charge in [0.05, 0.1) is 18.3 Å². The molecule has 1 aromatic heterocycles. The van der Waals surface area contributed by atoms with Crippen LogP contribution in [0.2, 0.25) is 0 Å². The zero-order valence-electron chi connectivity index (χ0n) is 12.5. The van der Waals surface area contributed by atoms with Gasteiger partial charge >= 0.3 is 0 Å². The quantitative estimate of drug-likeness (QED) is 0.765. The van der Waals surface area contributed by atoms with Gasteiger partial charge in [-0.25, -0.2) is 0 Å². The van der Waals surface area contributed by atoms with Crippen molar-refractivity contribution in [3.05, 3.63) is 24.3 Å². The molecule has 2 unspecified atom stereocenters. The third kappa shape index (κ3) is 4.51. The molecule has 1 aliphatic heterocycles. The van der Waals surface area contributed by atoms with Gasteiger partial charge in [0.25, 0.3) is 0 Å². The second kappa shape index (κ2) is 7.67. The van der Waals surface area contributed by atoms with Gasteiger partial charge in [-0.1, -0.05) is 13.8 Å². The molecule has 2 heterocycles. The van der Waals surface area contributed by atoms with Crippen molar-refractivity contribution in [1.29, 1.82) is 0 Å². The first-order chi connectivity index (χ1) is 9.66. The van der Waals surface area contributed by atoms with Gasteiger partial charge in [-0.3, -0.25) is 14.9 Å². The Kier molecular flexibility index (Phi) is 5.88. The number of hydrogen-bond donors (Lipinski definition) is 1. The molecule has 1 saturated heterocycles. The van der Waals surface area contributed by atoms with E-state index in [1.807, 2.05) is 6.20 Å². The lowest BCUT2D eigenvalue weighted by Gasteiger charge is -2.32. The summed E-state index contributed by atoms with van der Waals surface area (Å²) >= 11 is 0. The van der Waals surface area contributed by atoms with Gasteiger partial charge in [0, 0.05) is 25.0 Å². The first-order valence-corrected chi connectivity index (χ1v) is 7.53. The van der Waals surface area contributed by atoms with Gasteiger partial charge < -0.3 is 10.5 Å². The molecule has 0 saturated carbocycles. The van der Waals surface area contributed by atoms with E-state index in [0.29, 0.717) is 12.5 Å². The van der Waals surface area contributed by atoms with Crippen molar-refractivity contribution in [2.45, 2.75) is 45.4 Å². The average molecular weight is 278 g/mol. The molecular formula is C15H26N4O. The molecule has 2 N–H and O–H groups in total. The molecule has 1 aliphatic rings. The molecule has 0 spiro atoms. The summed E-state index contributed by atoms with van der Waals surface area (Å²) in [5, 5.41) is 0. The SMILES string of the molecule is CC(C)COC(N)C(Cc1cnccn1)N1CCCC1. The molecule has 0 amide bonds. The Morgan fingerprint density at radius 2 is 2.05 bits per heavy atom. The monoisotopic (exact) mass is 278 g/mol. The molecule has 20 heavy (non-hydrogen) atoms. The maximum Gasteiger partial charge on any atom is 0.121 e. The number of ether oxygens (including phenoxy) is 1. The number of aromatic nitrogens is 2. The molecule has 1 fully saturated rings. The standard InChI is InChI=1S/C15H26N4O/c1-12(2)11-20-15(16)14(19-7-3-4-8-19)9-13-10-17-5-6-18-13/h5-6,10,12,14-15H,3-4,7-9,11,16H2,1-2H3. The predicted molar refractivity (Wildman–Crippen MR) is 79.1 cm³/mol. The average Bonchev–Trinajstić information content (AvgIpc) is 2.97. The lowest BCUT2D eigenvalue weighted by atomic mass is 10.1. The third-order valence-electron chi connectivity index (χ3n) is 3.65. The minimum Gasteiger partial charge on any atom is -0.362 e. The second-order valence-electron chi connectivity index (χ2n) is 5.90. The van der Waals surface area contributed by atoms with E-state index in [-0.39, 0.29) is 12.3 Å². The smallest absolute Gasteiger partial charge is 0.121 e. The molecule has 1 aromatic rings. The van der Waals surface area contributed by atoms with Crippen LogP contribution in [-0.4, -0.2) is 46.8 Å². The summed E-state index contributed by atoms with van der Waals surface area (Å²) in [6.07, 6.45) is 8.27. The Morgan fingerprint density at radius 3 is 2.65 bits per heavy atom. The Morgan fingerprint density at radius 1 is 1.30 bits per heavy atom. The second-order valence-corrected chi connectivity index (χ2v) is 5.90. The summed E-state index contributed by atoms with van der Waals surface area (Å²) in [6, 6.07) is 0.188. The molecule has 0 radical (unpaired) electrons. The highest BCUT2D eigenvalue weighted by atomic mass is 16.5. The first-order valence-electron chi connectivity index (χ1n) is 7.53. The van der Waals surface area contributed by atoms with Crippen LogP contribution in [0.1, 0.15) is 32.4 Å². The molecule has 0 aliphatic carbocycles. The number of hydrogen-bond acceptors (Lipinski definition) is 5. The van der Waals surface area contributed by atoms with Crippen LogP contribution in [0, 0.1) is 5.92 Å². The third-order valence-corrected chi connectivity index (χ3v) is 3.65. The van der Waals surface area contributed by atoms with Crippen molar-refractivity contribution in [2.75, 3.05) is 19.7 Å². The van der Waals surface area contributed by atoms with Crippen LogP contribution in [0.4, 0.5) is 0 Å². The molecule has 0 aromatic carbocycles. The molecule has 0 bridgehead atoms. The Hall–Kier alpha value is -1.04. The van der Waals surface area contributed by atoms with Crippen LogP contribution in [0.5, 0.6) is 0 Å². The lowest BCUT2D eigenvalue weighted by molar-refractivity contribution is -0.0162. The van der Waals surface area contributed by atoms with E-state index in [0.717, 1.165) is 25.2 Å². The molecule has 5 heteroatoms. The van der Waals surface area contributed by atoms with Crippen LogP contribution in [0.3, 0.4) is 0 Å². The zero-order chi connectivity index (χ0) is 14.4. The van der Waals surface area contributed by atoms with E-state index in [4.69, 9.17) is 10.5 Å². The Labute approximate surface area is 121 Å². The lowest BCUT2D eigenvalue weighted by Crippen LogP contribution is -2.49. The molecule has 112 valence electrons. The summed E-state index contributed by atoms with van der Waals surface area (Å²) in [5.41, 5.74) is 7.26. The van der Waals surface area contributed by atoms with Crippen LogP contribution in [-0.2, 0) is 11.2 Å². The van der Waals surface area contributed by atoms with E-state index in [9.17, 15) is 0 Å². The van der Waals surface area contributed by atoms with Gasteiger partial charge in [-0.15, -0.1) is 0 Å². The van der Waals surface area contributed by atoms with Crippen molar-refractivity contribution in [2.24, 2.45) is 11.7 Å². The fraction of sp³-hybridized carbons (Fsp3) is 0.733. The summed E-state index contributed by atoms with van der Waals surface area (Å²) in [4.78, 5) is 10.9. The van der Waals surface area contributed by atoms with E-state index in [2.05, 4.69) is 28.7 Å². The highest BCUT2D eigenvalue weighted by Gasteiger charge is 2.28. The van der Waals surface area contributed by atoms with Crippen LogP contribution in [0.25, 0.3) is 0 Å². The minimum atomic E-state index is -0.266. The topological polar surface area (TPSA) is 64.3 Å². The number of nitrogens with zero attached hydrogens (tertiary/aromatic N) is 3. The largest absolute Gasteiger partial charge is 0.362 e. The maximum absolute atomic E-state index is 6.28. The van der Waals surface area contributed by atoms with Crippen molar-refractivity contribution in [1.82, 2.24) is 14.9 Å². The fourth-order valence-electron chi connectivity index (χ4n) is 2.59. The van der Waals surface area contributed by atoms with Gasteiger partial charge in [0.15, 0.2) is 0 Å². The van der Waals surface area contributed by atoms with Gasteiger partial charge in [0.2, 0.25) is 0 Å². The first kappa shape index (κ1) is 15.4. The Bertz CT molecular complexity index is 379. The highest BCUT2D eigenvalue weighted by Crippen LogP contribution is 2.17. The Balaban J connectivity index is 2.00. The zero-order valence-corrected chi connectivity index (χ0v) is 12.5. The van der Waals surface area contributed by atoms with Gasteiger partial charge in [-0.05, 0) is 31.8 Å². The molecule has 2 atom stereocenters. The van der Waals surface area contributed by atoms with Crippen LogP contribution in [0.15, 0.2) is 18.6 Å². The van der Waals surface area contributed by atoms with Crippen molar-refractivity contribution in [3.63, 3.8) is 0 Å². The summed E-state index contributed by atoms with van der Waals surface area (Å²) in [6.45, 7) is 7.18. The van der Waals surface area contributed by atoms with E-state index < -0.39 is 0 Å². The maximum atomic E-state index is 6.28. The minimum absolute atomic E-state index is 0.188. The predicted octanol–water partition coefficient (Wildman–Crippen LogP) is 1.44. The van der Waals surface area contributed by atoms with Crippen LogP contribution >= 0.6 is 0 Å². The summed E-state index contributed by atoms with van der Waals surface area (Å²) in [5.74, 6) is 0.497. The number of nitrogens with two attached hydrogens (primary N) is 1. The summed E-state index contributed by atoms with van der Waals surface area (Å²) < 4.78 is 5.84. The number of likely N-dealkylation sites (tertiary alicyclic amines) is 1. The van der Waals surface area contributed by atoms with Gasteiger partial charge in [0.1, 0.15) is 6.23 Å². The molecular weight excluding hydrogens is 252 g/mol. The number of rotatable bonds is 7. The van der Waals surface area contributed by atoms with Crippen molar-refractivity contribution in [3.8, 4) is 0 Å². The van der Waals surface area contributed by atoms with Crippen molar-refractivity contribution < 1.29 is 4.74 Å².